The van der Waals surface area contributed by atoms with Gasteiger partial charge < -0.3 is 19.9 Å². The summed E-state index contributed by atoms with van der Waals surface area (Å²) in [5, 5.41) is 5.12. The molecule has 11 heteroatoms. The van der Waals surface area contributed by atoms with Gasteiger partial charge in [0.2, 0.25) is 11.8 Å². The zero-order valence-electron chi connectivity index (χ0n) is 26.3. The van der Waals surface area contributed by atoms with E-state index in [1.807, 2.05) is 6.07 Å². The van der Waals surface area contributed by atoms with E-state index < -0.39 is 18.0 Å². The number of likely N-dealkylation sites (N-methyl/N-ethyl adjacent to an activating group) is 1. The smallest absolute Gasteiger partial charge is 0.409 e. The maximum absolute atomic E-state index is 13.0. The quantitative estimate of drug-likeness (QED) is 0.260. The van der Waals surface area contributed by atoms with E-state index >= 15 is 0 Å². The molecule has 0 saturated carbocycles. The molecule has 1 unspecified atom stereocenters. The van der Waals surface area contributed by atoms with Crippen molar-refractivity contribution in [3.05, 3.63) is 64.7 Å². The Labute approximate surface area is 269 Å². The Hall–Kier alpha value is -4.53. The van der Waals surface area contributed by atoms with Gasteiger partial charge in [0.05, 0.1) is 11.6 Å². The first-order valence-electron chi connectivity index (χ1n) is 16.0. The molecular formula is C35H41N5O6. The lowest BCUT2D eigenvalue weighted by Crippen LogP contribution is -2.51. The molecule has 242 valence electrons. The molecule has 0 bridgehead atoms. The van der Waals surface area contributed by atoms with Crippen LogP contribution in [0.15, 0.2) is 42.5 Å². The molecule has 2 N–H and O–H groups in total. The number of imide groups is 1. The van der Waals surface area contributed by atoms with Gasteiger partial charge in [-0.15, -0.1) is 0 Å². The minimum absolute atomic E-state index is 0.172. The Bertz CT molecular complexity index is 1520. The predicted octanol–water partition coefficient (Wildman–Crippen LogP) is 2.85. The number of para-hydroxylation sites is 1. The first-order valence-corrected chi connectivity index (χ1v) is 16.0. The molecule has 0 spiro atoms. The molecule has 3 fully saturated rings. The average molecular weight is 628 g/mol. The molecule has 0 aromatic heterocycles. The van der Waals surface area contributed by atoms with Crippen molar-refractivity contribution < 1.29 is 28.7 Å². The molecule has 5 rings (SSSR count). The number of nitrogens with one attached hydrogen (secondary N) is 2. The number of hydrogen-bond acceptors (Lipinski definition) is 8. The summed E-state index contributed by atoms with van der Waals surface area (Å²) < 4.78 is 5.71. The highest BCUT2D eigenvalue weighted by Gasteiger charge is 2.30. The zero-order valence-corrected chi connectivity index (χ0v) is 26.3. The maximum atomic E-state index is 13.0. The predicted molar refractivity (Wildman–Crippen MR) is 171 cm³/mol. The number of carbonyl (C=O) groups excluding carboxylic acids is 5. The molecule has 11 nitrogen and oxygen atoms in total. The van der Waals surface area contributed by atoms with Crippen LogP contribution in [0.25, 0.3) is 0 Å². The number of carbonyl (C=O) groups is 5. The lowest BCUT2D eigenvalue weighted by molar-refractivity contribution is -0.137. The summed E-state index contributed by atoms with van der Waals surface area (Å²) in [6.45, 7) is 4.08. The standard InChI is InChI=1S/C35H41N5O6/c1-38(30-12-14-33(43)37-34(30)44)23-28-21-25(9-10-27(28)24-41)22-36-32(42)13-11-26-7-3-4-8-31(26)46-35(45)40-19-15-29(16-20-40)39-17-5-2-6-18-39/h3-4,7-10,21,24,29-30H,2,5-6,12,14-20,22-23H2,1H3,(H,36,42)(H,37,43,44). The monoisotopic (exact) mass is 627 g/mol. The lowest BCUT2D eigenvalue weighted by Gasteiger charge is -2.39. The SMILES string of the molecule is CN(Cc1cc(CNC(=O)C#Cc2ccccc2OC(=O)N2CCC(N3CCCCC3)CC2)ccc1C=O)C1CCC(=O)NC1=O. The number of rotatable bonds is 8. The van der Waals surface area contributed by atoms with Gasteiger partial charge in [0.15, 0.2) is 0 Å². The molecule has 2 aromatic carbocycles. The van der Waals surface area contributed by atoms with E-state index in [4.69, 9.17) is 4.74 Å². The molecule has 0 radical (unpaired) electrons. The minimum Gasteiger partial charge on any atom is -0.409 e. The summed E-state index contributed by atoms with van der Waals surface area (Å²) in [4.78, 5) is 67.2. The number of ether oxygens (including phenoxy) is 1. The summed E-state index contributed by atoms with van der Waals surface area (Å²) in [6, 6.07) is 12.2. The fourth-order valence-electron chi connectivity index (χ4n) is 6.37. The maximum Gasteiger partial charge on any atom is 0.415 e. The van der Waals surface area contributed by atoms with E-state index in [0.717, 1.165) is 37.8 Å². The molecular weight excluding hydrogens is 586 g/mol. The van der Waals surface area contributed by atoms with Crippen molar-refractivity contribution in [3.63, 3.8) is 0 Å². The Balaban J connectivity index is 1.14. The summed E-state index contributed by atoms with van der Waals surface area (Å²) in [5.74, 6) is 4.57. The van der Waals surface area contributed by atoms with Gasteiger partial charge in [-0.05, 0) is 75.5 Å². The van der Waals surface area contributed by atoms with Crippen LogP contribution < -0.4 is 15.4 Å². The number of piperidine rings is 3. The van der Waals surface area contributed by atoms with Gasteiger partial charge in [-0.3, -0.25) is 29.4 Å². The van der Waals surface area contributed by atoms with Crippen LogP contribution in [0.4, 0.5) is 4.79 Å². The van der Waals surface area contributed by atoms with Crippen LogP contribution in [0.3, 0.4) is 0 Å². The second kappa shape index (κ2) is 15.7. The number of benzene rings is 2. The van der Waals surface area contributed by atoms with Crippen molar-refractivity contribution in [3.8, 4) is 17.6 Å². The second-order valence-electron chi connectivity index (χ2n) is 12.1. The molecule has 46 heavy (non-hydrogen) atoms. The van der Waals surface area contributed by atoms with Crippen LogP contribution in [-0.2, 0) is 27.5 Å². The van der Waals surface area contributed by atoms with Gasteiger partial charge in [0.1, 0.15) is 12.0 Å². The molecule has 3 aliphatic rings. The molecule has 1 atom stereocenters. The van der Waals surface area contributed by atoms with Crippen molar-refractivity contribution in [1.82, 2.24) is 25.3 Å². The van der Waals surface area contributed by atoms with E-state index in [0.29, 0.717) is 54.5 Å². The third kappa shape index (κ3) is 8.59. The summed E-state index contributed by atoms with van der Waals surface area (Å²) in [6.07, 6.45) is 6.69. The third-order valence-electron chi connectivity index (χ3n) is 8.97. The van der Waals surface area contributed by atoms with Crippen molar-refractivity contribution in [2.45, 2.75) is 70.1 Å². The molecule has 4 amide bonds. The van der Waals surface area contributed by atoms with Gasteiger partial charge in [0, 0.05) is 50.1 Å². The highest BCUT2D eigenvalue weighted by molar-refractivity contribution is 6.00. The van der Waals surface area contributed by atoms with Gasteiger partial charge in [0.25, 0.3) is 5.91 Å². The van der Waals surface area contributed by atoms with Gasteiger partial charge >= 0.3 is 6.09 Å². The van der Waals surface area contributed by atoms with Crippen LogP contribution >= 0.6 is 0 Å². The Morgan fingerprint density at radius 2 is 1.80 bits per heavy atom. The zero-order chi connectivity index (χ0) is 32.5. The van der Waals surface area contributed by atoms with Crippen LogP contribution in [-0.4, -0.2) is 90.1 Å². The Kier molecular flexibility index (Phi) is 11.2. The van der Waals surface area contributed by atoms with E-state index in [9.17, 15) is 24.0 Å². The van der Waals surface area contributed by atoms with Crippen molar-refractivity contribution in [2.24, 2.45) is 0 Å². The van der Waals surface area contributed by atoms with Crippen LogP contribution in [0.1, 0.15) is 72.0 Å². The van der Waals surface area contributed by atoms with Crippen LogP contribution in [0.5, 0.6) is 5.75 Å². The van der Waals surface area contributed by atoms with E-state index in [1.54, 1.807) is 53.2 Å². The first-order chi connectivity index (χ1) is 22.3. The van der Waals surface area contributed by atoms with Crippen LogP contribution in [0.2, 0.25) is 0 Å². The fraction of sp³-hybridized carbons (Fsp3) is 0.457. The lowest BCUT2D eigenvalue weighted by atomic mass is 10.0. The fourth-order valence-corrected chi connectivity index (χ4v) is 6.37. The third-order valence-corrected chi connectivity index (χ3v) is 8.97. The number of nitrogens with zero attached hydrogens (tertiary/aromatic N) is 3. The summed E-state index contributed by atoms with van der Waals surface area (Å²) >= 11 is 0. The molecule has 3 saturated heterocycles. The highest BCUT2D eigenvalue weighted by Crippen LogP contribution is 2.23. The number of hydrogen-bond donors (Lipinski definition) is 2. The topological polar surface area (TPSA) is 128 Å². The van der Waals surface area contributed by atoms with Gasteiger partial charge in [-0.1, -0.05) is 42.7 Å². The summed E-state index contributed by atoms with van der Waals surface area (Å²) in [7, 11) is 1.77. The van der Waals surface area contributed by atoms with E-state index in [2.05, 4.69) is 27.4 Å². The summed E-state index contributed by atoms with van der Waals surface area (Å²) in [5.41, 5.74) is 2.37. The molecule has 0 aliphatic carbocycles. The van der Waals surface area contributed by atoms with E-state index in [1.165, 1.54) is 19.3 Å². The van der Waals surface area contributed by atoms with Crippen molar-refractivity contribution in [1.29, 1.82) is 0 Å². The van der Waals surface area contributed by atoms with E-state index in [-0.39, 0.29) is 24.8 Å². The molecule has 3 heterocycles. The second-order valence-corrected chi connectivity index (χ2v) is 12.1. The largest absolute Gasteiger partial charge is 0.415 e. The molecule has 3 aliphatic heterocycles. The number of likely N-dealkylation sites (tertiary alicyclic amines) is 2. The normalized spacial score (nSPS) is 19.2. The number of aldehydes is 1. The van der Waals surface area contributed by atoms with Gasteiger partial charge in [-0.25, -0.2) is 4.79 Å². The van der Waals surface area contributed by atoms with Gasteiger partial charge in [-0.2, -0.15) is 0 Å². The minimum atomic E-state index is -0.511. The Morgan fingerprint density at radius 3 is 2.54 bits per heavy atom. The van der Waals surface area contributed by atoms with Crippen molar-refractivity contribution >= 4 is 30.1 Å². The number of amides is 4. The van der Waals surface area contributed by atoms with Crippen LogP contribution in [0, 0.1) is 11.8 Å². The molecule has 2 aromatic rings. The first kappa shape index (κ1) is 32.9. The highest BCUT2D eigenvalue weighted by atomic mass is 16.6. The van der Waals surface area contributed by atoms with Crippen molar-refractivity contribution in [2.75, 3.05) is 33.2 Å². The Morgan fingerprint density at radius 1 is 1.04 bits per heavy atom. The average Bonchev–Trinajstić information content (AvgIpc) is 3.07.